The van der Waals surface area contributed by atoms with Crippen molar-refractivity contribution in [3.8, 4) is 0 Å². The van der Waals surface area contributed by atoms with Crippen LogP contribution in [0.1, 0.15) is 12.8 Å². The van der Waals surface area contributed by atoms with Gasteiger partial charge in [-0.3, -0.25) is 18.9 Å². The molecule has 0 aliphatic heterocycles. The van der Waals surface area contributed by atoms with Gasteiger partial charge in [0.25, 0.3) is 0 Å². The Bertz CT molecular complexity index is 394. The molecule has 9 nitrogen and oxygen atoms in total. The Balaban J connectivity index is -0.00000112. The quantitative estimate of drug-likeness (QED) is 0.232. The fraction of sp³-hybridized carbons (Fsp3) is 0.500. The number of ether oxygens (including phenoxy) is 1. The summed E-state index contributed by atoms with van der Waals surface area (Å²) in [4.78, 5) is 31.9. The molecule has 0 amide bonds. The molecule has 0 radical (unpaired) electrons. The van der Waals surface area contributed by atoms with E-state index in [4.69, 9.17) is 10.3 Å². The Kier molecular flexibility index (Phi) is 14.8. The summed E-state index contributed by atoms with van der Waals surface area (Å²) in [5, 5.41) is 0. The van der Waals surface area contributed by atoms with Gasteiger partial charge in [-0.05, 0) is 0 Å². The molecule has 0 unspecified atom stereocenters. The molecule has 96 valence electrons. The minimum absolute atomic E-state index is 0. The zero-order valence-corrected chi connectivity index (χ0v) is 8.73. The van der Waals surface area contributed by atoms with Gasteiger partial charge in [0.05, 0.1) is 19.4 Å². The first-order valence-electron chi connectivity index (χ1n) is 3.88. The summed E-state index contributed by atoms with van der Waals surface area (Å²) in [7, 11) is -4.89. The fourth-order valence-electron chi connectivity index (χ4n) is 0.583. The Hall–Kier alpha value is 0.480. The molecular formula is C6H11NNa2O8S. The predicted molar refractivity (Wildman–Crippen MR) is 61.3 cm³/mol. The van der Waals surface area contributed by atoms with Gasteiger partial charge < -0.3 is 14.7 Å². The van der Waals surface area contributed by atoms with Crippen molar-refractivity contribution in [1.29, 1.82) is 0 Å². The van der Waals surface area contributed by atoms with Crippen molar-refractivity contribution in [1.82, 2.24) is 0 Å². The molecule has 0 aromatic rings. The van der Waals surface area contributed by atoms with Crippen molar-refractivity contribution in [3.05, 3.63) is 0 Å². The molecule has 18 heavy (non-hydrogen) atoms. The molecule has 0 aromatic heterocycles. The average Bonchev–Trinajstić information content (AvgIpc) is 2.12. The van der Waals surface area contributed by atoms with Crippen molar-refractivity contribution >= 4 is 87.4 Å². The maximum absolute atomic E-state index is 10.8. The standard InChI is InChI=1S/C6H9NO8S.2Na.2H/c7-3-6(10)14-4(8)1-2-5(9)15-16(11,12)13;;;;/h1-3,7H2,(H,11,12,13);;;;. The summed E-state index contributed by atoms with van der Waals surface area (Å²) >= 11 is 0. The van der Waals surface area contributed by atoms with E-state index in [1.54, 1.807) is 0 Å². The normalized spacial score (nSPS) is 9.44. The second-order valence-electron chi connectivity index (χ2n) is 2.43. The number of rotatable bonds is 5. The molecule has 0 aliphatic carbocycles. The van der Waals surface area contributed by atoms with Gasteiger partial charge in [-0.15, -0.1) is 0 Å². The van der Waals surface area contributed by atoms with Crippen molar-refractivity contribution in [2.45, 2.75) is 12.8 Å². The molecule has 0 aromatic carbocycles. The van der Waals surface area contributed by atoms with Crippen LogP contribution in [0.2, 0.25) is 0 Å². The molecule has 0 saturated carbocycles. The second-order valence-corrected chi connectivity index (χ2v) is 3.46. The Morgan fingerprint density at radius 3 is 1.83 bits per heavy atom. The van der Waals surface area contributed by atoms with Gasteiger partial charge in [-0.1, -0.05) is 0 Å². The van der Waals surface area contributed by atoms with Gasteiger partial charge in [0, 0.05) is 0 Å². The molecule has 12 heteroatoms. The van der Waals surface area contributed by atoms with E-state index in [1.807, 2.05) is 0 Å². The van der Waals surface area contributed by atoms with E-state index in [2.05, 4.69) is 8.92 Å². The Morgan fingerprint density at radius 2 is 1.44 bits per heavy atom. The van der Waals surface area contributed by atoms with Gasteiger partial charge in [0.15, 0.2) is 0 Å². The van der Waals surface area contributed by atoms with E-state index < -0.39 is 47.7 Å². The summed E-state index contributed by atoms with van der Waals surface area (Å²) in [6, 6.07) is 0. The average molecular weight is 303 g/mol. The topological polar surface area (TPSA) is 150 Å². The third-order valence-corrected chi connectivity index (χ3v) is 1.52. The monoisotopic (exact) mass is 303 g/mol. The van der Waals surface area contributed by atoms with Crippen LogP contribution >= 0.6 is 0 Å². The van der Waals surface area contributed by atoms with Gasteiger partial charge in [0.2, 0.25) is 0 Å². The maximum atomic E-state index is 10.8. The van der Waals surface area contributed by atoms with Crippen LogP contribution in [0.15, 0.2) is 0 Å². The van der Waals surface area contributed by atoms with Crippen molar-refractivity contribution in [2.24, 2.45) is 5.73 Å². The number of nitrogens with two attached hydrogens (primary N) is 1. The molecule has 3 N–H and O–H groups in total. The summed E-state index contributed by atoms with van der Waals surface area (Å²) in [6.07, 6.45) is -1.23. The molecule has 0 rings (SSSR count). The molecular weight excluding hydrogens is 292 g/mol. The van der Waals surface area contributed by atoms with Crippen molar-refractivity contribution < 1.29 is 36.3 Å². The van der Waals surface area contributed by atoms with Gasteiger partial charge in [-0.2, -0.15) is 8.42 Å². The van der Waals surface area contributed by atoms with Crippen LogP contribution in [0, 0.1) is 0 Å². The van der Waals surface area contributed by atoms with E-state index in [0.717, 1.165) is 0 Å². The van der Waals surface area contributed by atoms with E-state index in [9.17, 15) is 22.8 Å². The molecule has 0 saturated heterocycles. The summed E-state index contributed by atoms with van der Waals surface area (Å²) in [5.74, 6) is -3.38. The molecule has 0 fully saturated rings. The first kappa shape index (κ1) is 23.6. The van der Waals surface area contributed by atoms with E-state index in [-0.39, 0.29) is 59.1 Å². The predicted octanol–water partition coefficient (Wildman–Crippen LogP) is -3.16. The molecule has 0 spiro atoms. The van der Waals surface area contributed by atoms with Crippen LogP contribution in [-0.4, -0.2) is 96.5 Å². The summed E-state index contributed by atoms with van der Waals surface area (Å²) in [6.45, 7) is -0.499. The second kappa shape index (κ2) is 11.3. The fourth-order valence-corrected chi connectivity index (χ4v) is 0.901. The third kappa shape index (κ3) is 14.5. The number of hydrogen-bond donors (Lipinski definition) is 2. The molecule has 0 bridgehead atoms. The van der Waals surface area contributed by atoms with Crippen LogP contribution in [0.5, 0.6) is 0 Å². The van der Waals surface area contributed by atoms with Crippen LogP contribution in [-0.2, 0) is 33.7 Å². The molecule has 0 atom stereocenters. The first-order valence-corrected chi connectivity index (χ1v) is 5.24. The van der Waals surface area contributed by atoms with Crippen molar-refractivity contribution in [2.75, 3.05) is 6.54 Å². The van der Waals surface area contributed by atoms with E-state index in [0.29, 0.717) is 0 Å². The van der Waals surface area contributed by atoms with Crippen LogP contribution in [0.3, 0.4) is 0 Å². The number of hydrogen-bond acceptors (Lipinski definition) is 8. The van der Waals surface area contributed by atoms with Crippen molar-refractivity contribution in [3.63, 3.8) is 0 Å². The zero-order chi connectivity index (χ0) is 12.8. The minimum atomic E-state index is -4.89. The molecule has 0 aliphatic rings. The summed E-state index contributed by atoms with van der Waals surface area (Å²) in [5.41, 5.74) is 4.83. The van der Waals surface area contributed by atoms with Crippen LogP contribution < -0.4 is 5.73 Å². The summed E-state index contributed by atoms with van der Waals surface area (Å²) < 4.78 is 35.7. The first-order chi connectivity index (χ1) is 7.24. The Labute approximate surface area is 147 Å². The number of carbonyl (C=O) groups is 3. The Morgan fingerprint density at radius 1 is 1.00 bits per heavy atom. The van der Waals surface area contributed by atoms with Gasteiger partial charge >= 0.3 is 87.4 Å². The van der Waals surface area contributed by atoms with Gasteiger partial charge in [-0.25, -0.2) is 0 Å². The van der Waals surface area contributed by atoms with E-state index >= 15 is 0 Å². The van der Waals surface area contributed by atoms with Gasteiger partial charge in [0.1, 0.15) is 0 Å². The number of carbonyl (C=O) groups excluding carboxylic acids is 3. The van der Waals surface area contributed by atoms with Crippen LogP contribution in [0.4, 0.5) is 0 Å². The molecule has 0 heterocycles. The number of esters is 2. The van der Waals surface area contributed by atoms with Crippen LogP contribution in [0.25, 0.3) is 0 Å². The zero-order valence-electron chi connectivity index (χ0n) is 7.91. The third-order valence-electron chi connectivity index (χ3n) is 1.13. The van der Waals surface area contributed by atoms with E-state index in [1.165, 1.54) is 0 Å². The SMILES string of the molecule is NCC(=O)OC(=O)CCC(=O)OS(=O)(=O)O.[NaH].[NaH].